The average molecular weight is 290 g/mol. The Labute approximate surface area is 128 Å². The molecule has 118 valence electrons. The maximum atomic E-state index is 11.2. The van der Waals surface area contributed by atoms with E-state index in [1.807, 2.05) is 0 Å². The first-order chi connectivity index (χ1) is 10.2. The van der Waals surface area contributed by atoms with Gasteiger partial charge < -0.3 is 9.84 Å². The van der Waals surface area contributed by atoms with Crippen LogP contribution >= 0.6 is 0 Å². The Balaban J connectivity index is 1.33. The molecule has 0 aromatic carbocycles. The molecule has 0 aromatic heterocycles. The van der Waals surface area contributed by atoms with Crippen LogP contribution in [-0.4, -0.2) is 23.4 Å². The first kappa shape index (κ1) is 13.4. The van der Waals surface area contributed by atoms with E-state index < -0.39 is 0 Å². The minimum absolute atomic E-state index is 0.0265. The van der Waals surface area contributed by atoms with Crippen LogP contribution in [0.5, 0.6) is 0 Å². The largest absolute Gasteiger partial charge is 0.393 e. The Morgan fingerprint density at radius 2 is 1.62 bits per heavy atom. The highest BCUT2D eigenvalue weighted by atomic mass is 16.5. The minimum atomic E-state index is -0.0265. The average Bonchev–Trinajstić information content (AvgIpc) is 2.44. The van der Waals surface area contributed by atoms with Crippen LogP contribution in [0, 0.1) is 35.5 Å². The van der Waals surface area contributed by atoms with Crippen LogP contribution in [-0.2, 0) is 4.74 Å². The van der Waals surface area contributed by atoms with Gasteiger partial charge in [0.15, 0.2) is 0 Å². The number of hydrogen-bond donors (Lipinski definition) is 1. The summed E-state index contributed by atoms with van der Waals surface area (Å²) in [6.45, 7) is 0.898. The topological polar surface area (TPSA) is 29.5 Å². The number of hydrogen-bond acceptors (Lipinski definition) is 2. The standard InChI is InChI=1S/C19H30O2/c20-18(14-2-5-21-19(11-14)3-1-4-19)17-15-7-12-6-13(9-15)10-16(17)8-12/h12-18,20H,1-11H2. The number of rotatable bonds is 2. The van der Waals surface area contributed by atoms with Gasteiger partial charge in [-0.1, -0.05) is 0 Å². The third kappa shape index (κ3) is 2.05. The van der Waals surface area contributed by atoms with Gasteiger partial charge in [-0.05, 0) is 99.7 Å². The van der Waals surface area contributed by atoms with Crippen molar-refractivity contribution in [2.75, 3.05) is 6.61 Å². The summed E-state index contributed by atoms with van der Waals surface area (Å²) >= 11 is 0. The third-order valence-electron chi connectivity index (χ3n) is 7.97. The molecule has 4 bridgehead atoms. The fourth-order valence-electron chi connectivity index (χ4n) is 7.12. The van der Waals surface area contributed by atoms with E-state index >= 15 is 0 Å². The first-order valence-corrected chi connectivity index (χ1v) is 9.54. The van der Waals surface area contributed by atoms with Crippen LogP contribution in [0.4, 0.5) is 0 Å². The molecule has 0 amide bonds. The Morgan fingerprint density at radius 3 is 2.19 bits per heavy atom. The van der Waals surface area contributed by atoms with Gasteiger partial charge in [-0.2, -0.15) is 0 Å². The van der Waals surface area contributed by atoms with E-state index in [-0.39, 0.29) is 11.7 Å². The van der Waals surface area contributed by atoms with Crippen LogP contribution in [0.15, 0.2) is 0 Å². The Kier molecular flexibility index (Phi) is 3.00. The lowest BCUT2D eigenvalue weighted by Gasteiger charge is -2.57. The molecular formula is C19H30O2. The van der Waals surface area contributed by atoms with Gasteiger partial charge in [-0.3, -0.25) is 0 Å². The van der Waals surface area contributed by atoms with Crippen LogP contribution in [0.25, 0.3) is 0 Å². The molecule has 1 heterocycles. The maximum Gasteiger partial charge on any atom is 0.0686 e. The molecule has 5 saturated carbocycles. The summed E-state index contributed by atoms with van der Waals surface area (Å²) < 4.78 is 6.08. The van der Waals surface area contributed by atoms with Crippen molar-refractivity contribution in [2.45, 2.75) is 75.9 Å². The Bertz CT molecular complexity index is 386. The lowest BCUT2D eigenvalue weighted by molar-refractivity contribution is -0.176. The monoisotopic (exact) mass is 290 g/mol. The van der Waals surface area contributed by atoms with Crippen molar-refractivity contribution in [2.24, 2.45) is 35.5 Å². The Hall–Kier alpha value is -0.0800. The molecule has 5 aliphatic carbocycles. The van der Waals surface area contributed by atoms with Gasteiger partial charge in [0, 0.05) is 6.61 Å². The predicted molar refractivity (Wildman–Crippen MR) is 81.8 cm³/mol. The smallest absolute Gasteiger partial charge is 0.0686 e. The van der Waals surface area contributed by atoms with Crippen molar-refractivity contribution >= 4 is 0 Å². The molecule has 2 atom stereocenters. The molecule has 6 aliphatic rings. The van der Waals surface area contributed by atoms with E-state index in [0.29, 0.717) is 11.8 Å². The molecule has 0 aromatic rings. The number of ether oxygens (including phenoxy) is 1. The normalized spacial score (nSPS) is 51.9. The second kappa shape index (κ2) is 4.71. The van der Waals surface area contributed by atoms with E-state index in [4.69, 9.17) is 4.74 Å². The Morgan fingerprint density at radius 1 is 0.952 bits per heavy atom. The zero-order valence-electron chi connectivity index (χ0n) is 13.2. The fraction of sp³-hybridized carbons (Fsp3) is 1.00. The van der Waals surface area contributed by atoms with E-state index in [1.54, 1.807) is 0 Å². The maximum absolute atomic E-state index is 11.2. The second-order valence-corrected chi connectivity index (χ2v) is 9.14. The summed E-state index contributed by atoms with van der Waals surface area (Å²) in [6, 6.07) is 0. The van der Waals surface area contributed by atoms with Crippen molar-refractivity contribution < 1.29 is 9.84 Å². The molecule has 1 spiro atoms. The fourth-order valence-corrected chi connectivity index (χ4v) is 7.12. The van der Waals surface area contributed by atoms with E-state index in [9.17, 15) is 5.11 Å². The van der Waals surface area contributed by atoms with Crippen LogP contribution < -0.4 is 0 Å². The lowest BCUT2D eigenvalue weighted by Crippen LogP contribution is -2.54. The summed E-state index contributed by atoms with van der Waals surface area (Å²) in [5.74, 6) is 4.92. The molecular weight excluding hydrogens is 260 g/mol. The van der Waals surface area contributed by atoms with Gasteiger partial charge in [0.2, 0.25) is 0 Å². The van der Waals surface area contributed by atoms with Gasteiger partial charge in [0.25, 0.3) is 0 Å². The summed E-state index contributed by atoms with van der Waals surface area (Å²) in [4.78, 5) is 0. The molecule has 2 nitrogen and oxygen atoms in total. The lowest BCUT2D eigenvalue weighted by atomic mass is 9.49. The summed E-state index contributed by atoms with van der Waals surface area (Å²) in [6.07, 6.45) is 13.3. The summed E-state index contributed by atoms with van der Waals surface area (Å²) in [7, 11) is 0. The molecule has 1 N–H and O–H groups in total. The van der Waals surface area contributed by atoms with Crippen LogP contribution in [0.1, 0.15) is 64.2 Å². The summed E-state index contributed by atoms with van der Waals surface area (Å²) in [5, 5.41) is 11.2. The molecule has 2 unspecified atom stereocenters. The van der Waals surface area contributed by atoms with Gasteiger partial charge in [-0.15, -0.1) is 0 Å². The zero-order chi connectivity index (χ0) is 14.0. The van der Waals surface area contributed by atoms with Crippen molar-refractivity contribution in [1.29, 1.82) is 0 Å². The highest BCUT2D eigenvalue weighted by molar-refractivity contribution is 5.03. The molecule has 1 saturated heterocycles. The third-order valence-corrected chi connectivity index (χ3v) is 7.97. The van der Waals surface area contributed by atoms with E-state index in [1.165, 1.54) is 51.4 Å². The van der Waals surface area contributed by atoms with Gasteiger partial charge in [-0.25, -0.2) is 0 Å². The van der Waals surface area contributed by atoms with Crippen LogP contribution in [0.3, 0.4) is 0 Å². The molecule has 6 rings (SSSR count). The molecule has 2 heteroatoms. The SMILES string of the molecule is OC(C1CCOC2(CCC2)C1)C1C2CC3CC(C2)CC1C3. The first-order valence-electron chi connectivity index (χ1n) is 9.54. The molecule has 1 aliphatic heterocycles. The van der Waals surface area contributed by atoms with Crippen molar-refractivity contribution in [3.63, 3.8) is 0 Å². The van der Waals surface area contributed by atoms with Gasteiger partial charge in [0.1, 0.15) is 0 Å². The predicted octanol–water partition coefficient (Wildman–Crippen LogP) is 3.77. The number of aliphatic hydroxyl groups excluding tert-OH is 1. The highest BCUT2D eigenvalue weighted by Gasteiger charge is 2.53. The van der Waals surface area contributed by atoms with Gasteiger partial charge in [0.05, 0.1) is 11.7 Å². The van der Waals surface area contributed by atoms with Crippen molar-refractivity contribution in [3.8, 4) is 0 Å². The van der Waals surface area contributed by atoms with Gasteiger partial charge >= 0.3 is 0 Å². The van der Waals surface area contributed by atoms with E-state index in [2.05, 4.69) is 0 Å². The minimum Gasteiger partial charge on any atom is -0.393 e. The molecule has 0 radical (unpaired) electrons. The second-order valence-electron chi connectivity index (χ2n) is 9.14. The zero-order valence-corrected chi connectivity index (χ0v) is 13.2. The quantitative estimate of drug-likeness (QED) is 0.839. The van der Waals surface area contributed by atoms with Crippen LogP contribution in [0.2, 0.25) is 0 Å². The molecule has 21 heavy (non-hydrogen) atoms. The summed E-state index contributed by atoms with van der Waals surface area (Å²) in [5.41, 5.74) is 0.190. The van der Waals surface area contributed by atoms with Crippen molar-refractivity contribution in [1.82, 2.24) is 0 Å². The van der Waals surface area contributed by atoms with Crippen molar-refractivity contribution in [3.05, 3.63) is 0 Å². The molecule has 6 fully saturated rings. The van der Waals surface area contributed by atoms with E-state index in [0.717, 1.165) is 43.1 Å². The number of aliphatic hydroxyl groups is 1. The highest BCUT2D eigenvalue weighted by Crippen LogP contribution is 2.59.